The normalized spacial score (nSPS) is 21.6. The number of carbonyl (C=O) groups excluding carboxylic acids is 4. The van der Waals surface area contributed by atoms with E-state index in [1.54, 1.807) is 12.1 Å². The van der Waals surface area contributed by atoms with Gasteiger partial charge in [0.2, 0.25) is 11.8 Å². The summed E-state index contributed by atoms with van der Waals surface area (Å²) in [6, 6.07) is 31.2. The van der Waals surface area contributed by atoms with Crippen LogP contribution in [0.2, 0.25) is 0 Å². The zero-order valence-electron chi connectivity index (χ0n) is 23.8. The molecule has 0 N–H and O–H groups in total. The van der Waals surface area contributed by atoms with Crippen LogP contribution < -0.4 is 14.5 Å². The monoisotopic (exact) mass is 584 g/mol. The van der Waals surface area contributed by atoms with Crippen LogP contribution >= 0.6 is 0 Å². The lowest BCUT2D eigenvalue weighted by Crippen LogP contribution is -2.49. The number of esters is 2. The van der Waals surface area contributed by atoms with Gasteiger partial charge in [0.25, 0.3) is 0 Å². The quantitative estimate of drug-likeness (QED) is 0.172. The van der Waals surface area contributed by atoms with E-state index in [0.717, 1.165) is 27.3 Å². The van der Waals surface area contributed by atoms with Crippen molar-refractivity contribution >= 4 is 41.2 Å². The Balaban J connectivity index is 1.28. The Kier molecular flexibility index (Phi) is 6.81. The van der Waals surface area contributed by atoms with Gasteiger partial charge in [-0.15, -0.1) is 0 Å². The first-order chi connectivity index (χ1) is 21.4. The Bertz CT molecular complexity index is 1750. The lowest BCUT2D eigenvalue weighted by atomic mass is 9.88. The summed E-state index contributed by atoms with van der Waals surface area (Å²) in [4.78, 5) is 57.1. The summed E-state index contributed by atoms with van der Waals surface area (Å²) >= 11 is 0. The van der Waals surface area contributed by atoms with Crippen LogP contribution in [-0.2, 0) is 23.9 Å². The highest BCUT2D eigenvalue weighted by Crippen LogP contribution is 2.50. The number of amides is 2. The maximum absolute atomic E-state index is 14.4. The molecule has 218 valence electrons. The van der Waals surface area contributed by atoms with Crippen LogP contribution in [0.15, 0.2) is 115 Å². The highest BCUT2D eigenvalue weighted by Gasteiger charge is 2.65. The van der Waals surface area contributed by atoms with Crippen molar-refractivity contribution in [3.05, 3.63) is 132 Å². The smallest absolute Gasteiger partial charge is 0.330 e. The fourth-order valence-electron chi connectivity index (χ4n) is 6.64. The van der Waals surface area contributed by atoms with E-state index in [0.29, 0.717) is 11.4 Å². The number of ether oxygens (including phenoxy) is 2. The highest BCUT2D eigenvalue weighted by atomic mass is 16.5. The van der Waals surface area contributed by atoms with Crippen LogP contribution in [0.1, 0.15) is 29.7 Å². The Morgan fingerprint density at radius 3 is 1.95 bits per heavy atom. The van der Waals surface area contributed by atoms with Gasteiger partial charge in [-0.3, -0.25) is 14.4 Å². The van der Waals surface area contributed by atoms with Gasteiger partial charge in [-0.25, -0.2) is 9.69 Å². The number of para-hydroxylation sites is 1. The summed E-state index contributed by atoms with van der Waals surface area (Å²) in [6.07, 6.45) is 3.12. The van der Waals surface area contributed by atoms with Crippen molar-refractivity contribution in [3.63, 3.8) is 0 Å². The second-order valence-corrected chi connectivity index (χ2v) is 11.0. The van der Waals surface area contributed by atoms with E-state index in [9.17, 15) is 19.2 Å². The molecule has 2 amide bonds. The second kappa shape index (κ2) is 11.0. The molecule has 3 aliphatic heterocycles. The van der Waals surface area contributed by atoms with Gasteiger partial charge in [-0.05, 0) is 47.0 Å². The van der Waals surface area contributed by atoms with Gasteiger partial charge in [0.15, 0.2) is 6.10 Å². The van der Waals surface area contributed by atoms with Crippen molar-refractivity contribution in [2.45, 2.75) is 25.1 Å². The molecule has 4 atom stereocenters. The zero-order chi connectivity index (χ0) is 30.4. The van der Waals surface area contributed by atoms with E-state index < -0.39 is 53.8 Å². The number of anilines is 2. The number of nitrogens with zero attached hydrogens (tertiary/aromatic N) is 2. The van der Waals surface area contributed by atoms with Crippen molar-refractivity contribution < 1.29 is 28.7 Å². The Morgan fingerprint density at radius 2 is 1.32 bits per heavy atom. The van der Waals surface area contributed by atoms with Gasteiger partial charge in [-0.1, -0.05) is 91.0 Å². The summed E-state index contributed by atoms with van der Waals surface area (Å²) in [5.74, 6) is -3.40. The first-order valence-electron chi connectivity index (χ1n) is 14.4. The van der Waals surface area contributed by atoms with Gasteiger partial charge in [0, 0.05) is 12.6 Å². The van der Waals surface area contributed by atoms with E-state index >= 15 is 0 Å². The summed E-state index contributed by atoms with van der Waals surface area (Å²) in [6.45, 7) is 1.30. The first-order valence-corrected chi connectivity index (χ1v) is 14.4. The number of imide groups is 1. The molecule has 0 unspecified atom stereocenters. The molecule has 4 aromatic carbocycles. The van der Waals surface area contributed by atoms with Gasteiger partial charge in [0.05, 0.1) is 23.6 Å². The lowest BCUT2D eigenvalue weighted by molar-refractivity contribution is -0.151. The summed E-state index contributed by atoms with van der Waals surface area (Å²) < 4.78 is 11.4. The molecule has 44 heavy (non-hydrogen) atoms. The Labute approximate surface area is 254 Å². The third kappa shape index (κ3) is 4.55. The molecule has 8 nitrogen and oxygen atoms in total. The van der Waals surface area contributed by atoms with Crippen molar-refractivity contribution in [1.82, 2.24) is 0 Å². The number of hydrogen-bond acceptors (Lipinski definition) is 7. The Hall–Kier alpha value is -5.50. The summed E-state index contributed by atoms with van der Waals surface area (Å²) in [5, 5.41) is 0. The van der Waals surface area contributed by atoms with Crippen LogP contribution in [-0.4, -0.2) is 35.8 Å². The van der Waals surface area contributed by atoms with Crippen LogP contribution in [0.25, 0.3) is 6.08 Å². The summed E-state index contributed by atoms with van der Waals surface area (Å²) in [5.41, 5.74) is 3.59. The zero-order valence-corrected chi connectivity index (χ0v) is 23.8. The number of benzene rings is 4. The van der Waals surface area contributed by atoms with Crippen LogP contribution in [0, 0.1) is 11.8 Å². The van der Waals surface area contributed by atoms with Crippen LogP contribution in [0.5, 0.6) is 5.75 Å². The minimum absolute atomic E-state index is 0.299. The minimum atomic E-state index is -1.05. The first kappa shape index (κ1) is 27.3. The van der Waals surface area contributed by atoms with Gasteiger partial charge in [0.1, 0.15) is 11.8 Å². The minimum Gasteiger partial charge on any atom is -0.451 e. The van der Waals surface area contributed by atoms with E-state index in [4.69, 9.17) is 9.47 Å². The summed E-state index contributed by atoms with van der Waals surface area (Å²) in [7, 11) is 0. The molecule has 0 spiro atoms. The molecule has 0 aliphatic carbocycles. The fourth-order valence-corrected chi connectivity index (χ4v) is 6.64. The van der Waals surface area contributed by atoms with Crippen molar-refractivity contribution in [3.8, 4) is 5.75 Å². The molecule has 2 fully saturated rings. The number of fused-ring (bicyclic) bond motifs is 5. The maximum Gasteiger partial charge on any atom is 0.330 e. The van der Waals surface area contributed by atoms with Crippen molar-refractivity contribution in [1.29, 1.82) is 0 Å². The molecule has 0 bridgehead atoms. The number of rotatable bonds is 6. The van der Waals surface area contributed by atoms with Crippen LogP contribution in [0.4, 0.5) is 11.4 Å². The molecular formula is C36H28N2O6. The fraction of sp³-hybridized carbons (Fsp3) is 0.167. The molecule has 0 aromatic heterocycles. The predicted octanol–water partition coefficient (Wildman–Crippen LogP) is 5.33. The predicted molar refractivity (Wildman–Crippen MR) is 164 cm³/mol. The molecule has 0 saturated carbocycles. The van der Waals surface area contributed by atoms with Crippen molar-refractivity contribution in [2.24, 2.45) is 11.8 Å². The third-order valence-corrected chi connectivity index (χ3v) is 8.45. The van der Waals surface area contributed by atoms with Crippen molar-refractivity contribution in [2.75, 3.05) is 9.80 Å². The molecule has 4 aromatic rings. The standard InChI is InChI=1S/C36H28N2O6/c1-22(39)43-27-19-17-26(18-20-27)37-34(40)30-29-21-16-23-10-8-9-15-28(23)38(29)32(31(30)35(37)41)36(42)44-33(24-11-4-2-5-12-24)25-13-6-3-7-14-25/h2-21,29-33H,1H3/t29-,30-,31-,32+/m0/s1. The van der Waals surface area contributed by atoms with Gasteiger partial charge >= 0.3 is 11.9 Å². The molecule has 8 heteroatoms. The maximum atomic E-state index is 14.4. The van der Waals surface area contributed by atoms with E-state index in [-0.39, 0.29) is 0 Å². The topological polar surface area (TPSA) is 93.2 Å². The molecule has 2 saturated heterocycles. The lowest BCUT2D eigenvalue weighted by Gasteiger charge is -2.36. The molecule has 3 aliphatic rings. The average molecular weight is 585 g/mol. The van der Waals surface area contributed by atoms with Gasteiger partial charge < -0.3 is 14.4 Å². The third-order valence-electron chi connectivity index (χ3n) is 8.45. The second-order valence-electron chi connectivity index (χ2n) is 11.0. The average Bonchev–Trinajstić information content (AvgIpc) is 3.53. The largest absolute Gasteiger partial charge is 0.451 e. The molecule has 7 rings (SSSR count). The Morgan fingerprint density at radius 1 is 0.727 bits per heavy atom. The number of hydrogen-bond donors (Lipinski definition) is 0. The van der Waals surface area contributed by atoms with E-state index in [2.05, 4.69) is 0 Å². The van der Waals surface area contributed by atoms with E-state index in [1.165, 1.54) is 19.1 Å². The van der Waals surface area contributed by atoms with Crippen LogP contribution in [0.3, 0.4) is 0 Å². The highest BCUT2D eigenvalue weighted by molar-refractivity contribution is 6.24. The van der Waals surface area contributed by atoms with Gasteiger partial charge in [-0.2, -0.15) is 0 Å². The number of carbonyl (C=O) groups is 4. The molecule has 0 radical (unpaired) electrons. The van der Waals surface area contributed by atoms with E-state index in [1.807, 2.05) is 102 Å². The molecular weight excluding hydrogens is 556 g/mol. The SMILES string of the molecule is CC(=O)Oc1ccc(N2C(=O)[C@@H]3[C@H](C2=O)[C@H](C(=O)OC(c2ccccc2)c2ccccc2)N2c4ccccc4C=C[C@@H]32)cc1. The molecule has 3 heterocycles.